The molecule has 0 aliphatic carbocycles. The molecule has 0 bridgehead atoms. The number of carbonyl (C=O) groups is 2. The molecular formula is C26H26F4N4O3. The first-order valence-electron chi connectivity index (χ1n) is 11.4. The molecule has 0 aliphatic rings. The molecule has 2 N–H and O–H groups in total. The van der Waals surface area contributed by atoms with Gasteiger partial charge in [-0.3, -0.25) is 9.59 Å². The molecule has 0 saturated heterocycles. The summed E-state index contributed by atoms with van der Waals surface area (Å²) in [5.74, 6) is -1.54. The van der Waals surface area contributed by atoms with Crippen LogP contribution in [-0.4, -0.2) is 34.6 Å². The maximum Gasteiger partial charge on any atom is 0.422 e. The summed E-state index contributed by atoms with van der Waals surface area (Å²) in [6.45, 7) is 5.43. The van der Waals surface area contributed by atoms with Crippen LogP contribution in [0.2, 0.25) is 0 Å². The molecule has 1 unspecified atom stereocenters. The Hall–Kier alpha value is -4.02. The molecule has 2 amide bonds. The molecule has 0 fully saturated rings. The molecule has 1 atom stereocenters. The lowest BCUT2D eigenvalue weighted by Gasteiger charge is -2.18. The maximum atomic E-state index is 13.5. The lowest BCUT2D eigenvalue weighted by atomic mass is 10.0. The van der Waals surface area contributed by atoms with Gasteiger partial charge in [-0.15, -0.1) is 0 Å². The monoisotopic (exact) mass is 518 g/mol. The van der Waals surface area contributed by atoms with Crippen molar-refractivity contribution in [2.24, 2.45) is 5.92 Å². The predicted molar refractivity (Wildman–Crippen MR) is 130 cm³/mol. The average Bonchev–Trinajstić information content (AvgIpc) is 2.82. The second-order valence-corrected chi connectivity index (χ2v) is 8.72. The van der Waals surface area contributed by atoms with Crippen molar-refractivity contribution in [2.75, 3.05) is 11.9 Å². The molecule has 2 aromatic heterocycles. The number of hydrogen-bond acceptors (Lipinski definition) is 5. The van der Waals surface area contributed by atoms with Crippen LogP contribution in [0.1, 0.15) is 48.4 Å². The van der Waals surface area contributed by atoms with E-state index in [1.165, 1.54) is 18.2 Å². The van der Waals surface area contributed by atoms with Crippen LogP contribution in [0, 0.1) is 18.7 Å². The fourth-order valence-electron chi connectivity index (χ4n) is 3.33. The molecule has 37 heavy (non-hydrogen) atoms. The highest BCUT2D eigenvalue weighted by Crippen LogP contribution is 2.27. The highest BCUT2D eigenvalue weighted by atomic mass is 19.4. The van der Waals surface area contributed by atoms with Crippen molar-refractivity contribution in [3.8, 4) is 17.1 Å². The summed E-state index contributed by atoms with van der Waals surface area (Å²) in [7, 11) is 0. The topological polar surface area (TPSA) is 93.2 Å². The molecule has 196 valence electrons. The number of aryl methyl sites for hydroxylation is 1. The zero-order valence-electron chi connectivity index (χ0n) is 20.6. The molecule has 1 aromatic carbocycles. The van der Waals surface area contributed by atoms with Gasteiger partial charge in [0, 0.05) is 23.2 Å². The molecule has 2 heterocycles. The number of anilines is 1. The largest absolute Gasteiger partial charge is 0.468 e. The summed E-state index contributed by atoms with van der Waals surface area (Å²) in [6, 6.07) is 10.3. The summed E-state index contributed by atoms with van der Waals surface area (Å²) in [5.41, 5.74) is 1.69. The van der Waals surface area contributed by atoms with E-state index in [-0.39, 0.29) is 29.0 Å². The molecule has 0 spiro atoms. The number of benzene rings is 1. The van der Waals surface area contributed by atoms with E-state index in [2.05, 4.69) is 20.6 Å². The van der Waals surface area contributed by atoms with Crippen LogP contribution in [0.15, 0.2) is 48.5 Å². The molecule has 7 nitrogen and oxygen atoms in total. The van der Waals surface area contributed by atoms with Gasteiger partial charge in [-0.05, 0) is 61.9 Å². The minimum atomic E-state index is -4.57. The van der Waals surface area contributed by atoms with Crippen LogP contribution >= 0.6 is 0 Å². The minimum Gasteiger partial charge on any atom is -0.468 e. The molecule has 3 rings (SSSR count). The van der Waals surface area contributed by atoms with Gasteiger partial charge in [-0.2, -0.15) is 13.2 Å². The van der Waals surface area contributed by atoms with E-state index in [1.54, 1.807) is 39.8 Å². The number of amides is 2. The van der Waals surface area contributed by atoms with E-state index in [4.69, 9.17) is 4.74 Å². The predicted octanol–water partition coefficient (Wildman–Crippen LogP) is 5.62. The van der Waals surface area contributed by atoms with Crippen LogP contribution in [0.4, 0.5) is 23.4 Å². The zero-order chi connectivity index (χ0) is 27.3. The second-order valence-electron chi connectivity index (χ2n) is 8.72. The molecule has 0 radical (unpaired) electrons. The Kier molecular flexibility index (Phi) is 8.46. The number of carbonyl (C=O) groups excluding carboxylic acids is 2. The third-order valence-corrected chi connectivity index (χ3v) is 5.21. The summed E-state index contributed by atoms with van der Waals surface area (Å²) < 4.78 is 56.0. The van der Waals surface area contributed by atoms with Crippen LogP contribution in [0.5, 0.6) is 5.88 Å². The number of nitrogens with zero attached hydrogens (tertiary/aromatic N) is 2. The molecule has 0 aliphatic heterocycles. The lowest BCUT2D eigenvalue weighted by Crippen LogP contribution is -2.28. The first-order valence-corrected chi connectivity index (χ1v) is 11.4. The van der Waals surface area contributed by atoms with Gasteiger partial charge in [0.25, 0.3) is 5.91 Å². The first kappa shape index (κ1) is 27.6. The number of hydrogen-bond donors (Lipinski definition) is 2. The highest BCUT2D eigenvalue weighted by molar-refractivity contribution is 6.00. The van der Waals surface area contributed by atoms with Gasteiger partial charge in [0.15, 0.2) is 6.61 Å². The molecular weight excluding hydrogens is 492 g/mol. The Morgan fingerprint density at radius 3 is 2.30 bits per heavy atom. The van der Waals surface area contributed by atoms with Gasteiger partial charge in [0.05, 0.1) is 17.3 Å². The van der Waals surface area contributed by atoms with Crippen molar-refractivity contribution in [3.05, 3.63) is 71.2 Å². The fourth-order valence-corrected chi connectivity index (χ4v) is 3.33. The highest BCUT2D eigenvalue weighted by Gasteiger charge is 2.29. The number of rotatable bonds is 8. The number of nitrogens with one attached hydrogen (secondary N) is 2. The van der Waals surface area contributed by atoms with E-state index in [9.17, 15) is 27.2 Å². The third kappa shape index (κ3) is 7.73. The number of halogens is 4. The van der Waals surface area contributed by atoms with Crippen LogP contribution < -0.4 is 15.4 Å². The van der Waals surface area contributed by atoms with Crippen molar-refractivity contribution in [2.45, 2.75) is 39.9 Å². The van der Waals surface area contributed by atoms with Crippen LogP contribution in [-0.2, 0) is 4.79 Å². The average molecular weight is 519 g/mol. The van der Waals surface area contributed by atoms with Gasteiger partial charge in [0.1, 0.15) is 11.6 Å². The van der Waals surface area contributed by atoms with Gasteiger partial charge in [-0.25, -0.2) is 14.4 Å². The third-order valence-electron chi connectivity index (χ3n) is 5.21. The molecule has 0 saturated carbocycles. The van der Waals surface area contributed by atoms with Crippen molar-refractivity contribution >= 4 is 17.6 Å². The SMILES string of the molecule is Cc1cc(C(C)NC(=O)c2ccc(OCC(F)(F)F)nc2-c2ccc(F)cc2)cc(NC(=O)C(C)C)n1. The number of alkyl halides is 3. The number of aromatic nitrogens is 2. The first-order chi connectivity index (χ1) is 17.3. The Labute approximate surface area is 211 Å². The van der Waals surface area contributed by atoms with E-state index >= 15 is 0 Å². The smallest absolute Gasteiger partial charge is 0.422 e. The normalized spacial score (nSPS) is 12.2. The quantitative estimate of drug-likeness (QED) is 0.378. The van der Waals surface area contributed by atoms with Gasteiger partial charge < -0.3 is 15.4 Å². The Morgan fingerprint density at radius 2 is 1.68 bits per heavy atom. The molecule has 3 aromatic rings. The van der Waals surface area contributed by atoms with Crippen LogP contribution in [0.3, 0.4) is 0 Å². The Bertz CT molecular complexity index is 1280. The van der Waals surface area contributed by atoms with Gasteiger partial charge in [-0.1, -0.05) is 13.8 Å². The van der Waals surface area contributed by atoms with Crippen LogP contribution in [0.25, 0.3) is 11.3 Å². The Balaban J connectivity index is 1.89. The van der Waals surface area contributed by atoms with E-state index in [0.717, 1.165) is 18.2 Å². The van der Waals surface area contributed by atoms with E-state index < -0.39 is 30.5 Å². The van der Waals surface area contributed by atoms with Gasteiger partial charge >= 0.3 is 6.18 Å². The van der Waals surface area contributed by atoms with Crippen molar-refractivity contribution in [1.29, 1.82) is 0 Å². The number of ether oxygens (including phenoxy) is 1. The van der Waals surface area contributed by atoms with Crippen molar-refractivity contribution in [3.63, 3.8) is 0 Å². The summed E-state index contributed by atoms with van der Waals surface area (Å²) in [5, 5.41) is 5.55. The van der Waals surface area contributed by atoms with E-state index in [0.29, 0.717) is 22.6 Å². The maximum absolute atomic E-state index is 13.5. The second kappa shape index (κ2) is 11.4. The summed E-state index contributed by atoms with van der Waals surface area (Å²) in [4.78, 5) is 33.7. The van der Waals surface area contributed by atoms with E-state index in [1.807, 2.05) is 0 Å². The summed E-state index contributed by atoms with van der Waals surface area (Å²) in [6.07, 6.45) is -4.57. The zero-order valence-corrected chi connectivity index (χ0v) is 20.6. The fraction of sp³-hybridized carbons (Fsp3) is 0.308. The van der Waals surface area contributed by atoms with Crippen molar-refractivity contribution < 1.29 is 31.9 Å². The minimum absolute atomic E-state index is 0.0279. The summed E-state index contributed by atoms with van der Waals surface area (Å²) >= 11 is 0. The molecule has 11 heteroatoms. The Morgan fingerprint density at radius 1 is 1.00 bits per heavy atom. The lowest BCUT2D eigenvalue weighted by molar-refractivity contribution is -0.154. The standard InChI is InChI=1S/C26H26F4N4O3/c1-14(2)24(35)33-21-12-18(11-15(3)31-21)16(4)32-25(36)20-9-10-22(37-13-26(28,29)30)34-23(20)17-5-7-19(27)8-6-17/h5-12,14,16H,13H2,1-4H3,(H,32,36)(H,31,33,35). The van der Waals surface area contributed by atoms with Gasteiger partial charge in [0.2, 0.25) is 11.8 Å². The number of pyridine rings is 2. The van der Waals surface area contributed by atoms with Crippen molar-refractivity contribution in [1.82, 2.24) is 15.3 Å².